The van der Waals surface area contributed by atoms with Gasteiger partial charge < -0.3 is 15.4 Å². The summed E-state index contributed by atoms with van der Waals surface area (Å²) in [5.74, 6) is 1.49. The minimum atomic E-state index is -4.16. The van der Waals surface area contributed by atoms with Crippen molar-refractivity contribution in [1.29, 1.82) is 0 Å². The third kappa shape index (κ3) is 8.39. The molecule has 1 fully saturated rings. The number of likely N-dealkylation sites (tertiary alicyclic amines) is 1. The second-order valence-corrected chi connectivity index (χ2v) is 7.62. The number of hydrogen-bond acceptors (Lipinski definition) is 4. The van der Waals surface area contributed by atoms with E-state index < -0.39 is 12.7 Å². The van der Waals surface area contributed by atoms with Crippen LogP contribution in [0.2, 0.25) is 0 Å². The molecule has 0 saturated carbocycles. The van der Waals surface area contributed by atoms with Crippen molar-refractivity contribution in [2.24, 2.45) is 4.99 Å². The zero-order valence-corrected chi connectivity index (χ0v) is 18.1. The van der Waals surface area contributed by atoms with Gasteiger partial charge in [-0.05, 0) is 63.6 Å². The first-order valence-electron chi connectivity index (χ1n) is 10.4. The highest BCUT2D eigenvalue weighted by atomic mass is 19.4. The van der Waals surface area contributed by atoms with Crippen LogP contribution < -0.4 is 15.4 Å². The van der Waals surface area contributed by atoms with E-state index in [0.29, 0.717) is 32.0 Å². The van der Waals surface area contributed by atoms with Gasteiger partial charge in [-0.15, -0.1) is 0 Å². The van der Waals surface area contributed by atoms with Crippen LogP contribution >= 0.6 is 0 Å². The molecule has 6 nitrogen and oxygen atoms in total. The second kappa shape index (κ2) is 12.0. The van der Waals surface area contributed by atoms with Gasteiger partial charge in [-0.2, -0.15) is 13.2 Å². The molecule has 9 heteroatoms. The van der Waals surface area contributed by atoms with Crippen LogP contribution in [-0.2, 0) is 0 Å². The molecule has 170 valence electrons. The van der Waals surface area contributed by atoms with Gasteiger partial charge in [-0.1, -0.05) is 12.1 Å². The minimum Gasteiger partial charge on any atom is -0.497 e. The first-order chi connectivity index (χ1) is 14.3. The third-order valence-electron chi connectivity index (χ3n) is 5.20. The van der Waals surface area contributed by atoms with Crippen LogP contribution in [-0.4, -0.2) is 82.4 Å². The van der Waals surface area contributed by atoms with Crippen LogP contribution in [0.4, 0.5) is 13.2 Å². The van der Waals surface area contributed by atoms with Gasteiger partial charge in [-0.25, -0.2) is 0 Å². The van der Waals surface area contributed by atoms with Gasteiger partial charge in [0.25, 0.3) is 0 Å². The molecule has 1 aromatic rings. The quantitative estimate of drug-likeness (QED) is 0.340. The molecule has 1 atom stereocenters. The topological polar surface area (TPSA) is 52.1 Å². The number of benzene rings is 1. The van der Waals surface area contributed by atoms with Crippen molar-refractivity contribution in [3.63, 3.8) is 0 Å². The normalized spacial score (nSPS) is 16.7. The Labute approximate surface area is 177 Å². The molecule has 2 N–H and O–H groups in total. The van der Waals surface area contributed by atoms with E-state index in [1.54, 1.807) is 14.2 Å². The highest BCUT2D eigenvalue weighted by Gasteiger charge is 2.28. The average Bonchev–Trinajstić information content (AvgIpc) is 3.23. The molecule has 1 heterocycles. The number of nitrogens with zero attached hydrogens (tertiary/aromatic N) is 3. The first kappa shape index (κ1) is 24.3. The minimum absolute atomic E-state index is 0.194. The number of aliphatic imine (C=N–C) groups is 1. The molecule has 1 saturated heterocycles. The summed E-state index contributed by atoms with van der Waals surface area (Å²) in [5.41, 5.74) is 1.19. The SMILES string of the molecule is CN=C(NCCCN(C)CC(F)(F)F)NCC(c1cccc(OC)c1)N1CCCC1. The Morgan fingerprint density at radius 3 is 2.63 bits per heavy atom. The van der Waals surface area contributed by atoms with Crippen molar-refractivity contribution < 1.29 is 17.9 Å². The molecule has 2 rings (SSSR count). The third-order valence-corrected chi connectivity index (χ3v) is 5.20. The fourth-order valence-electron chi connectivity index (χ4n) is 3.71. The number of guanidine groups is 1. The van der Waals surface area contributed by atoms with Gasteiger partial charge >= 0.3 is 6.18 Å². The standard InChI is InChI=1S/C21H34F3N5O/c1-25-20(26-10-7-11-28(2)16-21(22,23)24)27-15-19(29-12-4-5-13-29)17-8-6-9-18(14-17)30-3/h6,8-9,14,19H,4-5,7,10-13,15-16H2,1-3H3,(H2,25,26,27). The van der Waals surface area contributed by atoms with E-state index in [9.17, 15) is 13.2 Å². The summed E-state index contributed by atoms with van der Waals surface area (Å²) in [5, 5.41) is 6.57. The number of hydrogen-bond donors (Lipinski definition) is 2. The van der Waals surface area contributed by atoms with Crippen molar-refractivity contribution in [3.8, 4) is 5.75 Å². The fraction of sp³-hybridized carbons (Fsp3) is 0.667. The molecule has 0 aliphatic carbocycles. The number of alkyl halides is 3. The van der Waals surface area contributed by atoms with Gasteiger partial charge in [0, 0.05) is 20.1 Å². The summed E-state index contributed by atoms with van der Waals surface area (Å²) in [7, 11) is 4.84. The highest BCUT2D eigenvalue weighted by molar-refractivity contribution is 5.79. The zero-order chi connectivity index (χ0) is 22.0. The van der Waals surface area contributed by atoms with E-state index in [-0.39, 0.29) is 6.04 Å². The lowest BCUT2D eigenvalue weighted by Gasteiger charge is -2.29. The summed E-state index contributed by atoms with van der Waals surface area (Å²) in [6.07, 6.45) is -1.18. The maximum Gasteiger partial charge on any atom is 0.401 e. The molecule has 1 unspecified atom stereocenters. The van der Waals surface area contributed by atoms with Gasteiger partial charge in [-0.3, -0.25) is 14.8 Å². The smallest absolute Gasteiger partial charge is 0.401 e. The Hall–Kier alpha value is -2.00. The molecule has 1 aromatic carbocycles. The molecule has 0 radical (unpaired) electrons. The monoisotopic (exact) mass is 429 g/mol. The van der Waals surface area contributed by atoms with Gasteiger partial charge in [0.2, 0.25) is 0 Å². The largest absolute Gasteiger partial charge is 0.497 e. The predicted molar refractivity (Wildman–Crippen MR) is 114 cm³/mol. The van der Waals surface area contributed by atoms with Crippen molar-refractivity contribution in [2.45, 2.75) is 31.5 Å². The highest BCUT2D eigenvalue weighted by Crippen LogP contribution is 2.27. The Morgan fingerprint density at radius 2 is 2.00 bits per heavy atom. The van der Waals surface area contributed by atoms with E-state index in [1.807, 2.05) is 12.1 Å². The molecule has 0 amide bonds. The number of methoxy groups -OCH3 is 1. The molecule has 1 aliphatic rings. The Morgan fingerprint density at radius 1 is 1.27 bits per heavy atom. The van der Waals surface area contributed by atoms with Gasteiger partial charge in [0.1, 0.15) is 5.75 Å². The van der Waals surface area contributed by atoms with E-state index in [1.165, 1.54) is 30.4 Å². The van der Waals surface area contributed by atoms with Crippen LogP contribution in [0.3, 0.4) is 0 Å². The number of ether oxygens (including phenoxy) is 1. The van der Waals surface area contributed by atoms with Crippen LogP contribution in [0.25, 0.3) is 0 Å². The molecule has 0 aromatic heterocycles. The van der Waals surface area contributed by atoms with Crippen molar-refractivity contribution in [2.75, 3.05) is 60.5 Å². The summed E-state index contributed by atoms with van der Waals surface area (Å²) in [6.45, 7) is 2.82. The summed E-state index contributed by atoms with van der Waals surface area (Å²) in [4.78, 5) is 7.99. The lowest BCUT2D eigenvalue weighted by atomic mass is 10.1. The first-order valence-corrected chi connectivity index (χ1v) is 10.4. The molecule has 0 spiro atoms. The molecule has 0 bridgehead atoms. The predicted octanol–water partition coefficient (Wildman–Crippen LogP) is 2.88. The molecular weight excluding hydrogens is 395 g/mol. The Balaban J connectivity index is 1.85. The number of nitrogens with one attached hydrogen (secondary N) is 2. The summed E-state index contributed by atoms with van der Waals surface area (Å²) >= 11 is 0. The second-order valence-electron chi connectivity index (χ2n) is 7.62. The van der Waals surface area contributed by atoms with Crippen LogP contribution in [0.5, 0.6) is 5.75 Å². The van der Waals surface area contributed by atoms with Crippen LogP contribution in [0.1, 0.15) is 30.9 Å². The van der Waals surface area contributed by atoms with E-state index in [4.69, 9.17) is 4.74 Å². The van der Waals surface area contributed by atoms with Crippen LogP contribution in [0.15, 0.2) is 29.3 Å². The van der Waals surface area contributed by atoms with E-state index in [0.717, 1.165) is 18.8 Å². The van der Waals surface area contributed by atoms with Gasteiger partial charge in [0.05, 0.1) is 19.7 Å². The fourth-order valence-corrected chi connectivity index (χ4v) is 3.71. The molecular formula is C21H34F3N5O. The van der Waals surface area contributed by atoms with Crippen molar-refractivity contribution in [1.82, 2.24) is 20.4 Å². The summed E-state index contributed by atoms with van der Waals surface area (Å²) in [6, 6.07) is 8.31. The van der Waals surface area contributed by atoms with E-state index >= 15 is 0 Å². The van der Waals surface area contributed by atoms with Crippen LogP contribution in [0, 0.1) is 0 Å². The van der Waals surface area contributed by atoms with Crippen molar-refractivity contribution in [3.05, 3.63) is 29.8 Å². The lowest BCUT2D eigenvalue weighted by Crippen LogP contribution is -2.43. The number of halogens is 3. The lowest BCUT2D eigenvalue weighted by molar-refractivity contribution is -0.143. The molecule has 30 heavy (non-hydrogen) atoms. The van der Waals surface area contributed by atoms with Gasteiger partial charge in [0.15, 0.2) is 5.96 Å². The Kier molecular flexibility index (Phi) is 9.71. The van der Waals surface area contributed by atoms with Crippen molar-refractivity contribution >= 4 is 5.96 Å². The zero-order valence-electron chi connectivity index (χ0n) is 18.1. The Bertz CT molecular complexity index is 662. The maximum absolute atomic E-state index is 12.4. The number of rotatable bonds is 10. The average molecular weight is 430 g/mol. The summed E-state index contributed by atoms with van der Waals surface area (Å²) < 4.78 is 42.6. The molecule has 1 aliphatic heterocycles. The van der Waals surface area contributed by atoms with E-state index in [2.05, 4.69) is 32.7 Å². The maximum atomic E-state index is 12.4.